The third-order valence-corrected chi connectivity index (χ3v) is 2.22. The maximum absolute atomic E-state index is 9.63. The molecule has 2 atom stereocenters. The molecular formula is C11H17NO2. The lowest BCUT2D eigenvalue weighted by molar-refractivity contribution is 0.0148. The van der Waals surface area contributed by atoms with Crippen molar-refractivity contribution in [2.24, 2.45) is 0 Å². The molecule has 0 spiro atoms. The molecule has 1 rings (SSSR count). The fraction of sp³-hybridized carbons (Fsp3) is 0.545. The standard InChI is InChI=1S/C11H17NO2/c1-2-3-10(13)11(14)8-9-4-6-12-7-5-9/h4-7,10-11,13-14H,2-3,8H2,1H3. The van der Waals surface area contributed by atoms with Crippen LogP contribution in [-0.4, -0.2) is 27.4 Å². The third-order valence-electron chi connectivity index (χ3n) is 2.22. The van der Waals surface area contributed by atoms with Crippen LogP contribution in [0, 0.1) is 0 Å². The fourth-order valence-corrected chi connectivity index (χ4v) is 1.38. The van der Waals surface area contributed by atoms with E-state index in [9.17, 15) is 10.2 Å². The maximum Gasteiger partial charge on any atom is 0.0839 e. The van der Waals surface area contributed by atoms with E-state index in [1.165, 1.54) is 0 Å². The summed E-state index contributed by atoms with van der Waals surface area (Å²) in [7, 11) is 0. The molecular weight excluding hydrogens is 178 g/mol. The summed E-state index contributed by atoms with van der Waals surface area (Å²) in [5.41, 5.74) is 1.00. The second-order valence-corrected chi connectivity index (χ2v) is 3.48. The van der Waals surface area contributed by atoms with Gasteiger partial charge in [-0.25, -0.2) is 0 Å². The molecule has 0 aromatic carbocycles. The summed E-state index contributed by atoms with van der Waals surface area (Å²) in [6, 6.07) is 3.70. The molecule has 0 aliphatic heterocycles. The quantitative estimate of drug-likeness (QED) is 0.741. The molecule has 3 heteroatoms. The highest BCUT2D eigenvalue weighted by atomic mass is 16.3. The molecule has 1 heterocycles. The zero-order valence-corrected chi connectivity index (χ0v) is 8.43. The molecule has 0 aliphatic rings. The van der Waals surface area contributed by atoms with E-state index in [2.05, 4.69) is 4.98 Å². The minimum absolute atomic E-state index is 0.490. The lowest BCUT2D eigenvalue weighted by Crippen LogP contribution is -2.27. The normalized spacial score (nSPS) is 15.1. The molecule has 0 radical (unpaired) electrons. The van der Waals surface area contributed by atoms with Crippen molar-refractivity contribution in [2.45, 2.75) is 38.4 Å². The highest BCUT2D eigenvalue weighted by molar-refractivity contribution is 5.11. The van der Waals surface area contributed by atoms with E-state index in [1.807, 2.05) is 19.1 Å². The number of aliphatic hydroxyl groups is 2. The largest absolute Gasteiger partial charge is 0.390 e. The second-order valence-electron chi connectivity index (χ2n) is 3.48. The van der Waals surface area contributed by atoms with Gasteiger partial charge in [0.05, 0.1) is 12.2 Å². The van der Waals surface area contributed by atoms with E-state index in [0.717, 1.165) is 12.0 Å². The zero-order chi connectivity index (χ0) is 10.4. The smallest absolute Gasteiger partial charge is 0.0839 e. The summed E-state index contributed by atoms with van der Waals surface area (Å²) < 4.78 is 0. The molecule has 2 N–H and O–H groups in total. The number of rotatable bonds is 5. The predicted molar refractivity (Wildman–Crippen MR) is 54.9 cm³/mol. The average molecular weight is 195 g/mol. The van der Waals surface area contributed by atoms with Gasteiger partial charge in [-0.1, -0.05) is 13.3 Å². The second kappa shape index (κ2) is 5.73. The molecule has 0 aliphatic carbocycles. The van der Waals surface area contributed by atoms with Crippen LogP contribution >= 0.6 is 0 Å². The minimum Gasteiger partial charge on any atom is -0.390 e. The molecule has 0 bridgehead atoms. The van der Waals surface area contributed by atoms with Crippen molar-refractivity contribution in [1.29, 1.82) is 0 Å². The van der Waals surface area contributed by atoms with Crippen LogP contribution in [0.5, 0.6) is 0 Å². The van der Waals surface area contributed by atoms with Gasteiger partial charge in [0.2, 0.25) is 0 Å². The fourth-order valence-electron chi connectivity index (χ4n) is 1.38. The molecule has 3 nitrogen and oxygen atoms in total. The van der Waals surface area contributed by atoms with Crippen molar-refractivity contribution in [2.75, 3.05) is 0 Å². The van der Waals surface area contributed by atoms with Crippen LogP contribution in [0.2, 0.25) is 0 Å². The van der Waals surface area contributed by atoms with Gasteiger partial charge in [0.25, 0.3) is 0 Å². The molecule has 1 aromatic heterocycles. The van der Waals surface area contributed by atoms with Crippen LogP contribution < -0.4 is 0 Å². The highest BCUT2D eigenvalue weighted by Crippen LogP contribution is 2.08. The van der Waals surface area contributed by atoms with E-state index in [1.54, 1.807) is 12.4 Å². The van der Waals surface area contributed by atoms with E-state index in [0.29, 0.717) is 12.8 Å². The number of nitrogens with zero attached hydrogens (tertiary/aromatic N) is 1. The van der Waals surface area contributed by atoms with Crippen LogP contribution in [0.15, 0.2) is 24.5 Å². The van der Waals surface area contributed by atoms with Crippen LogP contribution in [0.3, 0.4) is 0 Å². The Morgan fingerprint density at radius 1 is 1.21 bits per heavy atom. The summed E-state index contributed by atoms with van der Waals surface area (Å²) in [6.45, 7) is 1.99. The van der Waals surface area contributed by atoms with Crippen molar-refractivity contribution in [3.8, 4) is 0 Å². The summed E-state index contributed by atoms with van der Waals surface area (Å²) in [6.07, 6.45) is 4.11. The van der Waals surface area contributed by atoms with E-state index in [4.69, 9.17) is 0 Å². The molecule has 14 heavy (non-hydrogen) atoms. The van der Waals surface area contributed by atoms with E-state index in [-0.39, 0.29) is 0 Å². The van der Waals surface area contributed by atoms with Crippen molar-refractivity contribution in [3.05, 3.63) is 30.1 Å². The van der Waals surface area contributed by atoms with Crippen LogP contribution in [0.25, 0.3) is 0 Å². The number of hydrogen-bond acceptors (Lipinski definition) is 3. The Balaban J connectivity index is 2.44. The third kappa shape index (κ3) is 3.44. The first kappa shape index (κ1) is 11.1. The molecule has 78 valence electrons. The Labute approximate surface area is 84.4 Å². The Kier molecular flexibility index (Phi) is 4.56. The Morgan fingerprint density at radius 3 is 2.43 bits per heavy atom. The first-order chi connectivity index (χ1) is 6.74. The van der Waals surface area contributed by atoms with Crippen LogP contribution in [0.4, 0.5) is 0 Å². The first-order valence-corrected chi connectivity index (χ1v) is 4.99. The highest BCUT2D eigenvalue weighted by Gasteiger charge is 2.15. The molecule has 0 amide bonds. The van der Waals surface area contributed by atoms with Crippen molar-refractivity contribution >= 4 is 0 Å². The van der Waals surface area contributed by atoms with E-state index >= 15 is 0 Å². The van der Waals surface area contributed by atoms with Gasteiger partial charge in [0, 0.05) is 18.8 Å². The van der Waals surface area contributed by atoms with Crippen LogP contribution in [0.1, 0.15) is 25.3 Å². The van der Waals surface area contributed by atoms with Gasteiger partial charge in [0.15, 0.2) is 0 Å². The topological polar surface area (TPSA) is 53.4 Å². The van der Waals surface area contributed by atoms with Gasteiger partial charge in [0.1, 0.15) is 0 Å². The van der Waals surface area contributed by atoms with Gasteiger partial charge in [-0.15, -0.1) is 0 Å². The number of aliphatic hydroxyl groups excluding tert-OH is 2. The summed E-state index contributed by atoms with van der Waals surface area (Å²) in [4.78, 5) is 3.89. The van der Waals surface area contributed by atoms with Crippen molar-refractivity contribution < 1.29 is 10.2 Å². The Morgan fingerprint density at radius 2 is 1.86 bits per heavy atom. The lowest BCUT2D eigenvalue weighted by Gasteiger charge is -2.16. The summed E-state index contributed by atoms with van der Waals surface area (Å²) in [5.74, 6) is 0. The van der Waals surface area contributed by atoms with Crippen molar-refractivity contribution in [1.82, 2.24) is 4.98 Å². The molecule has 2 unspecified atom stereocenters. The summed E-state index contributed by atoms with van der Waals surface area (Å²) in [5, 5.41) is 19.1. The average Bonchev–Trinajstić information content (AvgIpc) is 2.19. The minimum atomic E-state index is -0.669. The van der Waals surface area contributed by atoms with Gasteiger partial charge in [-0.2, -0.15) is 0 Å². The zero-order valence-electron chi connectivity index (χ0n) is 8.43. The summed E-state index contributed by atoms with van der Waals surface area (Å²) >= 11 is 0. The number of aromatic nitrogens is 1. The monoisotopic (exact) mass is 195 g/mol. The Hall–Kier alpha value is -0.930. The lowest BCUT2D eigenvalue weighted by atomic mass is 10.0. The van der Waals surface area contributed by atoms with Gasteiger partial charge in [-0.05, 0) is 24.1 Å². The Bertz CT molecular complexity index is 251. The predicted octanol–water partition coefficient (Wildman–Crippen LogP) is 1.15. The first-order valence-electron chi connectivity index (χ1n) is 4.99. The number of pyridine rings is 1. The van der Waals surface area contributed by atoms with Crippen molar-refractivity contribution in [3.63, 3.8) is 0 Å². The van der Waals surface area contributed by atoms with Gasteiger partial charge in [-0.3, -0.25) is 4.98 Å². The molecule has 0 saturated carbocycles. The maximum atomic E-state index is 9.63. The SMILES string of the molecule is CCCC(O)C(O)Cc1ccncc1. The molecule has 0 saturated heterocycles. The molecule has 0 fully saturated rings. The van der Waals surface area contributed by atoms with E-state index < -0.39 is 12.2 Å². The van der Waals surface area contributed by atoms with Gasteiger partial charge >= 0.3 is 0 Å². The van der Waals surface area contributed by atoms with Crippen LogP contribution in [-0.2, 0) is 6.42 Å². The van der Waals surface area contributed by atoms with Gasteiger partial charge < -0.3 is 10.2 Å². The number of hydrogen-bond donors (Lipinski definition) is 2. The molecule has 1 aromatic rings.